The van der Waals surface area contributed by atoms with Gasteiger partial charge in [0.05, 0.1) is 28.3 Å². The van der Waals surface area contributed by atoms with Gasteiger partial charge in [-0.1, -0.05) is 6.07 Å². The zero-order valence-electron chi connectivity index (χ0n) is 21.8. The van der Waals surface area contributed by atoms with Crippen molar-refractivity contribution in [3.05, 3.63) is 41.0 Å². The molecule has 0 radical (unpaired) electrons. The molecule has 1 spiro atoms. The normalized spacial score (nSPS) is 21.0. The topological polar surface area (TPSA) is 106 Å². The molecule has 6 rings (SSSR count). The van der Waals surface area contributed by atoms with Crippen molar-refractivity contribution >= 4 is 37.3 Å². The summed E-state index contributed by atoms with van der Waals surface area (Å²) in [6.45, 7) is 1.88. The summed E-state index contributed by atoms with van der Waals surface area (Å²) in [5.74, 6) is -2.34. The molecule has 2 fully saturated rings. The third-order valence-electron chi connectivity index (χ3n) is 8.17. The number of nitrogens with zero attached hydrogens (tertiary/aromatic N) is 3. The summed E-state index contributed by atoms with van der Waals surface area (Å²) in [5, 5.41) is 12.5. The molecule has 1 saturated carbocycles. The van der Waals surface area contributed by atoms with E-state index >= 15 is 4.39 Å². The van der Waals surface area contributed by atoms with Crippen molar-refractivity contribution in [1.82, 2.24) is 15.3 Å². The molecule has 1 aliphatic carbocycles. The highest BCUT2D eigenvalue weighted by atomic mass is 32.1. The first kappa shape index (κ1) is 27.4. The van der Waals surface area contributed by atoms with E-state index in [1.807, 2.05) is 0 Å². The van der Waals surface area contributed by atoms with Crippen LogP contribution in [0.2, 0.25) is 0 Å². The van der Waals surface area contributed by atoms with E-state index in [-0.39, 0.29) is 55.0 Å². The SMILES string of the molecule is COc1nc(OC2CCC3(CCNC3)CC2)c2cc(C(F)(F)F)c(-c3ccc(F)c4sc(N)c(C#N)c34)c(F)c2n1. The van der Waals surface area contributed by atoms with Gasteiger partial charge in [-0.15, -0.1) is 11.3 Å². The maximum atomic E-state index is 16.4. The molecular weight excluding hydrogens is 565 g/mol. The summed E-state index contributed by atoms with van der Waals surface area (Å²) in [6, 6.07) is 4.19. The van der Waals surface area contributed by atoms with Gasteiger partial charge < -0.3 is 20.5 Å². The van der Waals surface area contributed by atoms with Crippen molar-refractivity contribution in [3.63, 3.8) is 0 Å². The van der Waals surface area contributed by atoms with Crippen LogP contribution in [0.1, 0.15) is 43.2 Å². The van der Waals surface area contributed by atoms with E-state index in [2.05, 4.69) is 15.3 Å². The van der Waals surface area contributed by atoms with E-state index in [0.29, 0.717) is 24.2 Å². The molecular formula is C28H24F5N5O2S. The lowest BCUT2D eigenvalue weighted by Crippen LogP contribution is -2.34. The molecule has 13 heteroatoms. The lowest BCUT2D eigenvalue weighted by molar-refractivity contribution is -0.137. The quantitative estimate of drug-likeness (QED) is 0.259. The maximum Gasteiger partial charge on any atom is 0.417 e. The number of ether oxygens (including phenoxy) is 2. The average Bonchev–Trinajstić information content (AvgIpc) is 3.54. The highest BCUT2D eigenvalue weighted by Gasteiger charge is 2.40. The Morgan fingerprint density at radius 3 is 2.56 bits per heavy atom. The van der Waals surface area contributed by atoms with Crippen molar-refractivity contribution in [2.75, 3.05) is 25.9 Å². The van der Waals surface area contributed by atoms with Crippen molar-refractivity contribution in [1.29, 1.82) is 5.26 Å². The van der Waals surface area contributed by atoms with Crippen LogP contribution in [0.4, 0.5) is 27.0 Å². The van der Waals surface area contributed by atoms with E-state index in [0.717, 1.165) is 50.6 Å². The van der Waals surface area contributed by atoms with Gasteiger partial charge in [-0.05, 0) is 61.8 Å². The molecule has 214 valence electrons. The van der Waals surface area contributed by atoms with Gasteiger partial charge in [0, 0.05) is 17.5 Å². The van der Waals surface area contributed by atoms with E-state index < -0.39 is 34.5 Å². The number of nitrogen functional groups attached to an aromatic ring is 1. The molecule has 2 aliphatic rings. The number of anilines is 1. The highest BCUT2D eigenvalue weighted by Crippen LogP contribution is 2.48. The number of hydrogen-bond acceptors (Lipinski definition) is 8. The largest absolute Gasteiger partial charge is 0.474 e. The number of aromatic nitrogens is 2. The van der Waals surface area contributed by atoms with Gasteiger partial charge in [0.15, 0.2) is 5.82 Å². The molecule has 0 bridgehead atoms. The van der Waals surface area contributed by atoms with Crippen LogP contribution in [0.15, 0.2) is 18.2 Å². The first-order chi connectivity index (χ1) is 19.5. The van der Waals surface area contributed by atoms with Gasteiger partial charge >= 0.3 is 12.2 Å². The van der Waals surface area contributed by atoms with Crippen LogP contribution < -0.4 is 20.5 Å². The second kappa shape index (κ2) is 9.95. The van der Waals surface area contributed by atoms with E-state index in [1.54, 1.807) is 6.07 Å². The molecule has 0 unspecified atom stereocenters. The minimum absolute atomic E-state index is 0.0917. The number of fused-ring (bicyclic) bond motifs is 2. The summed E-state index contributed by atoms with van der Waals surface area (Å²) < 4.78 is 85.9. The number of nitrogens with one attached hydrogen (secondary N) is 1. The van der Waals surface area contributed by atoms with Crippen LogP contribution >= 0.6 is 11.3 Å². The summed E-state index contributed by atoms with van der Waals surface area (Å²) in [7, 11) is 1.25. The molecule has 41 heavy (non-hydrogen) atoms. The minimum atomic E-state index is -5.04. The van der Waals surface area contributed by atoms with Crippen molar-refractivity contribution in [2.45, 2.75) is 44.4 Å². The first-order valence-corrected chi connectivity index (χ1v) is 13.8. The molecule has 4 aromatic rings. The predicted octanol–water partition coefficient (Wildman–Crippen LogP) is 6.57. The van der Waals surface area contributed by atoms with Crippen molar-refractivity contribution in [3.8, 4) is 29.1 Å². The molecule has 2 aromatic carbocycles. The van der Waals surface area contributed by atoms with Gasteiger partial charge in [-0.25, -0.2) is 8.78 Å². The lowest BCUT2D eigenvalue weighted by atomic mass is 9.72. The zero-order chi connectivity index (χ0) is 29.1. The van der Waals surface area contributed by atoms with Crippen LogP contribution in [0.3, 0.4) is 0 Å². The summed E-state index contributed by atoms with van der Waals surface area (Å²) in [4.78, 5) is 8.19. The zero-order valence-corrected chi connectivity index (χ0v) is 22.6. The number of hydrogen-bond donors (Lipinski definition) is 2. The monoisotopic (exact) mass is 589 g/mol. The summed E-state index contributed by atoms with van der Waals surface area (Å²) >= 11 is 0.703. The van der Waals surface area contributed by atoms with Gasteiger partial charge in [0.2, 0.25) is 5.88 Å². The lowest BCUT2D eigenvalue weighted by Gasteiger charge is -2.36. The minimum Gasteiger partial charge on any atom is -0.474 e. The molecule has 0 atom stereocenters. The maximum absolute atomic E-state index is 16.4. The predicted molar refractivity (Wildman–Crippen MR) is 144 cm³/mol. The standard InChI is InChI=1S/C28H24F5N5O2S/c1-39-26-37-22-15(25(38-26)40-13-4-6-27(7-5-13)8-9-36-12-27)10-17(28(31,32)33)20(21(22)30)14-2-3-18(29)23-19(14)16(11-34)24(35)41-23/h2-3,10,13,36H,4-9,12,35H2,1H3. The Morgan fingerprint density at radius 2 is 1.93 bits per heavy atom. The van der Waals surface area contributed by atoms with Gasteiger partial charge in [-0.2, -0.15) is 28.4 Å². The average molecular weight is 590 g/mol. The Kier molecular flexibility index (Phi) is 6.66. The summed E-state index contributed by atoms with van der Waals surface area (Å²) in [5.41, 5.74) is 2.82. The van der Waals surface area contributed by atoms with Crippen LogP contribution in [-0.2, 0) is 6.18 Å². The fourth-order valence-electron chi connectivity index (χ4n) is 6.06. The van der Waals surface area contributed by atoms with E-state index in [9.17, 15) is 22.8 Å². The molecule has 7 nitrogen and oxygen atoms in total. The van der Waals surface area contributed by atoms with E-state index in [4.69, 9.17) is 15.2 Å². The molecule has 3 heterocycles. The van der Waals surface area contributed by atoms with E-state index in [1.165, 1.54) is 7.11 Å². The molecule has 3 N–H and O–H groups in total. The highest BCUT2D eigenvalue weighted by molar-refractivity contribution is 7.23. The van der Waals surface area contributed by atoms with Crippen LogP contribution in [0.5, 0.6) is 11.9 Å². The first-order valence-electron chi connectivity index (χ1n) is 13.0. The third kappa shape index (κ3) is 4.59. The Bertz CT molecular complexity index is 1720. The molecule has 2 aromatic heterocycles. The van der Waals surface area contributed by atoms with Crippen molar-refractivity contribution in [2.24, 2.45) is 5.41 Å². The number of alkyl halides is 3. The number of thiophene rings is 1. The van der Waals surface area contributed by atoms with Gasteiger partial charge in [0.25, 0.3) is 0 Å². The Morgan fingerprint density at radius 1 is 1.17 bits per heavy atom. The Labute approximate surface area is 235 Å². The fourth-order valence-corrected chi connectivity index (χ4v) is 7.01. The Hall–Kier alpha value is -3.76. The second-order valence-corrected chi connectivity index (χ2v) is 11.6. The number of methoxy groups -OCH3 is 1. The fraction of sp³-hybridized carbons (Fsp3) is 0.393. The number of benzene rings is 2. The third-order valence-corrected chi connectivity index (χ3v) is 9.19. The Balaban J connectivity index is 1.54. The second-order valence-electron chi connectivity index (χ2n) is 10.5. The van der Waals surface area contributed by atoms with Crippen LogP contribution in [-0.4, -0.2) is 36.3 Å². The number of halogens is 5. The van der Waals surface area contributed by atoms with Crippen LogP contribution in [0.25, 0.3) is 32.1 Å². The van der Waals surface area contributed by atoms with Crippen molar-refractivity contribution < 1.29 is 31.4 Å². The summed E-state index contributed by atoms with van der Waals surface area (Å²) in [6.07, 6.45) is -1.18. The number of nitriles is 1. The van der Waals surface area contributed by atoms with Crippen LogP contribution in [0, 0.1) is 28.4 Å². The molecule has 1 aliphatic heterocycles. The van der Waals surface area contributed by atoms with Gasteiger partial charge in [-0.3, -0.25) is 0 Å². The molecule has 1 saturated heterocycles. The van der Waals surface area contributed by atoms with Gasteiger partial charge in [0.1, 0.15) is 28.5 Å². The number of rotatable bonds is 4. The number of nitrogens with two attached hydrogens (primary N) is 1. The molecule has 0 amide bonds. The smallest absolute Gasteiger partial charge is 0.417 e.